The molecular formula is C24H32FNO5S. The van der Waals surface area contributed by atoms with E-state index in [1.807, 2.05) is 34.6 Å². The number of nitrogens with zero attached hydrogens (tertiary/aromatic N) is 1. The number of hydrogen-bond acceptors (Lipinski definition) is 5. The van der Waals surface area contributed by atoms with Crippen LogP contribution in [0.4, 0.5) is 4.39 Å². The molecular weight excluding hydrogens is 433 g/mol. The smallest absolute Gasteiger partial charge is 0.339 e. The van der Waals surface area contributed by atoms with Crippen molar-refractivity contribution in [1.29, 1.82) is 0 Å². The highest BCUT2D eigenvalue weighted by Crippen LogP contribution is 2.32. The first-order valence-electron chi connectivity index (χ1n) is 10.5. The van der Waals surface area contributed by atoms with Crippen LogP contribution in [0.2, 0.25) is 0 Å². The van der Waals surface area contributed by atoms with E-state index in [-0.39, 0.29) is 33.6 Å². The average Bonchev–Trinajstić information content (AvgIpc) is 2.66. The molecule has 0 atom stereocenters. The summed E-state index contributed by atoms with van der Waals surface area (Å²) in [6, 6.07) is 9.30. The molecule has 0 unspecified atom stereocenters. The Morgan fingerprint density at radius 3 is 2.22 bits per heavy atom. The van der Waals surface area contributed by atoms with E-state index in [0.717, 1.165) is 24.3 Å². The van der Waals surface area contributed by atoms with Crippen LogP contribution >= 0.6 is 0 Å². The SMILES string of the molecule is COc1ccc(CN(CC(C)C)C(=O)CC(C)(C)C)cc1OS(=O)(=O)c1ccc(F)cc1. The first-order chi connectivity index (χ1) is 14.8. The van der Waals surface area contributed by atoms with Gasteiger partial charge in [-0.2, -0.15) is 8.42 Å². The van der Waals surface area contributed by atoms with Crippen LogP contribution in [0.3, 0.4) is 0 Å². The van der Waals surface area contributed by atoms with Crippen LogP contribution in [0.25, 0.3) is 0 Å². The molecule has 176 valence electrons. The van der Waals surface area contributed by atoms with Crippen molar-refractivity contribution in [1.82, 2.24) is 4.90 Å². The molecule has 8 heteroatoms. The Balaban J connectivity index is 2.32. The third-order valence-corrected chi connectivity index (χ3v) is 5.77. The van der Waals surface area contributed by atoms with Gasteiger partial charge in [-0.15, -0.1) is 0 Å². The number of amides is 1. The molecule has 0 aromatic heterocycles. The molecule has 6 nitrogen and oxygen atoms in total. The summed E-state index contributed by atoms with van der Waals surface area (Å²) in [6.45, 7) is 11.0. The second-order valence-electron chi connectivity index (χ2n) is 9.38. The molecule has 0 aliphatic rings. The van der Waals surface area contributed by atoms with Gasteiger partial charge in [0, 0.05) is 19.5 Å². The van der Waals surface area contributed by atoms with Crippen molar-refractivity contribution in [2.24, 2.45) is 11.3 Å². The minimum absolute atomic E-state index is 0.00194. The lowest BCUT2D eigenvalue weighted by Gasteiger charge is -2.28. The Bertz CT molecular complexity index is 1030. The number of carbonyl (C=O) groups excluding carboxylic acids is 1. The van der Waals surface area contributed by atoms with Gasteiger partial charge < -0.3 is 13.8 Å². The molecule has 2 aromatic carbocycles. The molecule has 0 spiro atoms. The number of benzene rings is 2. The first-order valence-corrected chi connectivity index (χ1v) is 11.9. The predicted molar refractivity (Wildman–Crippen MR) is 122 cm³/mol. The summed E-state index contributed by atoms with van der Waals surface area (Å²) in [6.07, 6.45) is 0.401. The van der Waals surface area contributed by atoms with Crippen LogP contribution in [-0.4, -0.2) is 32.9 Å². The van der Waals surface area contributed by atoms with Gasteiger partial charge in [-0.05, 0) is 53.3 Å². The Kier molecular flexibility index (Phi) is 8.29. The minimum Gasteiger partial charge on any atom is -0.493 e. The van der Waals surface area contributed by atoms with Gasteiger partial charge in [-0.25, -0.2) is 4.39 Å². The fourth-order valence-electron chi connectivity index (χ4n) is 3.13. The highest BCUT2D eigenvalue weighted by Gasteiger charge is 2.24. The second-order valence-corrected chi connectivity index (χ2v) is 10.9. The summed E-state index contributed by atoms with van der Waals surface area (Å²) >= 11 is 0. The van der Waals surface area contributed by atoms with Crippen LogP contribution in [0.1, 0.15) is 46.6 Å². The maximum absolute atomic E-state index is 13.2. The molecule has 0 saturated heterocycles. The van der Waals surface area contributed by atoms with Crippen LogP contribution in [-0.2, 0) is 21.5 Å². The zero-order valence-electron chi connectivity index (χ0n) is 19.5. The van der Waals surface area contributed by atoms with E-state index in [0.29, 0.717) is 25.1 Å². The Labute approximate surface area is 190 Å². The van der Waals surface area contributed by atoms with Gasteiger partial charge in [0.2, 0.25) is 5.91 Å². The lowest BCUT2D eigenvalue weighted by atomic mass is 9.91. The molecule has 0 aliphatic heterocycles. The number of rotatable bonds is 9. The molecule has 0 bridgehead atoms. The molecule has 32 heavy (non-hydrogen) atoms. The molecule has 0 heterocycles. The fourth-order valence-corrected chi connectivity index (χ4v) is 4.07. The van der Waals surface area contributed by atoms with Crippen LogP contribution in [0.5, 0.6) is 11.5 Å². The number of methoxy groups -OCH3 is 1. The quantitative estimate of drug-likeness (QED) is 0.486. The van der Waals surface area contributed by atoms with Crippen LogP contribution in [0.15, 0.2) is 47.4 Å². The minimum atomic E-state index is -4.19. The van der Waals surface area contributed by atoms with E-state index in [1.165, 1.54) is 7.11 Å². The molecule has 0 N–H and O–H groups in total. The molecule has 1 amide bonds. The molecule has 0 radical (unpaired) electrons. The molecule has 0 fully saturated rings. The maximum Gasteiger partial charge on any atom is 0.339 e. The summed E-state index contributed by atoms with van der Waals surface area (Å²) in [5.74, 6) is -0.0122. The monoisotopic (exact) mass is 465 g/mol. The van der Waals surface area contributed by atoms with Crippen molar-refractivity contribution in [3.05, 3.63) is 53.8 Å². The van der Waals surface area contributed by atoms with Gasteiger partial charge >= 0.3 is 10.1 Å². The van der Waals surface area contributed by atoms with Gasteiger partial charge in [0.15, 0.2) is 11.5 Å². The third kappa shape index (κ3) is 7.51. The summed E-state index contributed by atoms with van der Waals surface area (Å²) in [7, 11) is -2.79. The van der Waals surface area contributed by atoms with E-state index in [9.17, 15) is 17.6 Å². The van der Waals surface area contributed by atoms with Crippen molar-refractivity contribution in [2.75, 3.05) is 13.7 Å². The van der Waals surface area contributed by atoms with Gasteiger partial charge in [-0.1, -0.05) is 40.7 Å². The molecule has 2 rings (SSSR count). The van der Waals surface area contributed by atoms with Gasteiger partial charge in [0.1, 0.15) is 10.7 Å². The van der Waals surface area contributed by atoms with Crippen molar-refractivity contribution in [2.45, 2.75) is 52.5 Å². The van der Waals surface area contributed by atoms with Gasteiger partial charge in [0.05, 0.1) is 7.11 Å². The molecule has 2 aromatic rings. The summed E-state index contributed by atoms with van der Waals surface area (Å²) in [5.41, 5.74) is 0.557. The number of ether oxygens (including phenoxy) is 1. The Morgan fingerprint density at radius 1 is 1.06 bits per heavy atom. The van der Waals surface area contributed by atoms with Crippen LogP contribution in [0, 0.1) is 17.2 Å². The maximum atomic E-state index is 13.2. The highest BCUT2D eigenvalue weighted by molar-refractivity contribution is 7.87. The largest absolute Gasteiger partial charge is 0.493 e. The third-order valence-electron chi connectivity index (χ3n) is 4.52. The van der Waals surface area contributed by atoms with Crippen molar-refractivity contribution in [3.8, 4) is 11.5 Å². The van der Waals surface area contributed by atoms with E-state index < -0.39 is 15.9 Å². The Hall–Kier alpha value is -2.61. The summed E-state index contributed by atoms with van der Waals surface area (Å²) in [4.78, 5) is 14.5. The van der Waals surface area contributed by atoms with Gasteiger partial charge in [-0.3, -0.25) is 4.79 Å². The summed E-state index contributed by atoms with van der Waals surface area (Å²) < 4.78 is 49.1. The van der Waals surface area contributed by atoms with E-state index in [1.54, 1.807) is 23.1 Å². The number of carbonyl (C=O) groups is 1. The predicted octanol–water partition coefficient (Wildman–Crippen LogP) is 5.02. The lowest BCUT2D eigenvalue weighted by molar-refractivity contribution is -0.134. The summed E-state index contributed by atoms with van der Waals surface area (Å²) in [5, 5.41) is 0. The molecule has 0 saturated carbocycles. The fraction of sp³-hybridized carbons (Fsp3) is 0.458. The van der Waals surface area contributed by atoms with Gasteiger partial charge in [0.25, 0.3) is 0 Å². The van der Waals surface area contributed by atoms with E-state index in [4.69, 9.17) is 8.92 Å². The second kappa shape index (κ2) is 10.3. The number of halogens is 1. The number of hydrogen-bond donors (Lipinski definition) is 0. The highest BCUT2D eigenvalue weighted by atomic mass is 32.2. The van der Waals surface area contributed by atoms with Crippen LogP contribution < -0.4 is 8.92 Å². The zero-order chi connectivity index (χ0) is 24.1. The standard InChI is InChI=1S/C24H32FNO5S/c1-17(2)15-26(23(27)14-24(3,4)5)16-18-7-12-21(30-6)22(13-18)31-32(28,29)20-10-8-19(25)9-11-20/h7-13,17H,14-16H2,1-6H3. The zero-order valence-corrected chi connectivity index (χ0v) is 20.3. The van der Waals surface area contributed by atoms with Crippen molar-refractivity contribution in [3.63, 3.8) is 0 Å². The van der Waals surface area contributed by atoms with Crippen molar-refractivity contribution < 1.29 is 26.5 Å². The average molecular weight is 466 g/mol. The topological polar surface area (TPSA) is 72.9 Å². The normalized spacial score (nSPS) is 12.0. The lowest BCUT2D eigenvalue weighted by Crippen LogP contribution is -2.35. The van der Waals surface area contributed by atoms with Crippen molar-refractivity contribution >= 4 is 16.0 Å². The first kappa shape index (κ1) is 25.6. The van der Waals surface area contributed by atoms with E-state index in [2.05, 4.69) is 0 Å². The Morgan fingerprint density at radius 2 is 1.69 bits per heavy atom. The van der Waals surface area contributed by atoms with E-state index >= 15 is 0 Å². The molecule has 0 aliphatic carbocycles.